The molecule has 31 heavy (non-hydrogen) atoms. The largest absolute Gasteiger partial charge is 0.449 e. The number of aromatic amines is 1. The van der Waals surface area contributed by atoms with Crippen molar-refractivity contribution >= 4 is 22.7 Å². The zero-order valence-electron chi connectivity index (χ0n) is 16.7. The highest BCUT2D eigenvalue weighted by Gasteiger charge is 2.26. The van der Waals surface area contributed by atoms with Crippen molar-refractivity contribution in [2.45, 2.75) is 18.9 Å². The van der Waals surface area contributed by atoms with E-state index >= 15 is 0 Å². The molecule has 1 atom stereocenters. The smallest absolute Gasteiger partial charge is 0.307 e. The van der Waals surface area contributed by atoms with Crippen LogP contribution in [0.25, 0.3) is 10.9 Å². The number of aromatic nitrogens is 2. The third kappa shape index (κ3) is 4.75. The normalized spacial score (nSPS) is 11.7. The number of nitrogens with one attached hydrogen (secondary N) is 1. The number of H-pyrrole nitrogens is 1. The summed E-state index contributed by atoms with van der Waals surface area (Å²) >= 11 is 0. The Kier molecular flexibility index (Phi) is 5.98. The van der Waals surface area contributed by atoms with Crippen LogP contribution in [0.5, 0.6) is 0 Å². The number of para-hydroxylation sites is 1. The number of benzene rings is 3. The quantitative estimate of drug-likeness (QED) is 0.366. The lowest BCUT2D eigenvalue weighted by atomic mass is 10.00. The predicted molar refractivity (Wildman–Crippen MR) is 117 cm³/mol. The van der Waals surface area contributed by atoms with Gasteiger partial charge in [-0.05, 0) is 12.1 Å². The lowest BCUT2D eigenvalue weighted by Crippen LogP contribution is -2.21. The maximum atomic E-state index is 13.0. The van der Waals surface area contributed by atoms with Crippen LogP contribution in [0.2, 0.25) is 0 Å². The molecule has 1 N–H and O–H groups in total. The monoisotopic (exact) mass is 412 g/mol. The van der Waals surface area contributed by atoms with Crippen LogP contribution < -0.4 is 5.56 Å². The first-order chi connectivity index (χ1) is 15.1. The van der Waals surface area contributed by atoms with Gasteiger partial charge in [-0.1, -0.05) is 72.8 Å². The van der Waals surface area contributed by atoms with Gasteiger partial charge in [0.25, 0.3) is 5.56 Å². The fourth-order valence-electron chi connectivity index (χ4n) is 3.32. The third-order valence-electron chi connectivity index (χ3n) is 4.88. The molecule has 4 rings (SSSR count). The predicted octanol–water partition coefficient (Wildman–Crippen LogP) is 4.02. The SMILES string of the molecule is O=C(CCc1nc2ccccc2c(=O)[nH]1)OC(C(=O)c1ccccc1)c1ccccc1. The van der Waals surface area contributed by atoms with Crippen molar-refractivity contribution < 1.29 is 14.3 Å². The molecule has 1 unspecified atom stereocenters. The first-order valence-corrected chi connectivity index (χ1v) is 9.93. The summed E-state index contributed by atoms with van der Waals surface area (Å²) in [6, 6.07) is 24.6. The lowest BCUT2D eigenvalue weighted by Gasteiger charge is -2.17. The summed E-state index contributed by atoms with van der Waals surface area (Å²) in [5, 5.41) is 0.492. The van der Waals surface area contributed by atoms with E-state index in [1.54, 1.807) is 72.8 Å². The van der Waals surface area contributed by atoms with E-state index < -0.39 is 12.1 Å². The standard InChI is InChI=1S/C25H20N2O4/c28-22(16-15-21-26-20-14-8-7-13-19(20)25(30)27-21)31-24(18-11-5-2-6-12-18)23(29)17-9-3-1-4-10-17/h1-14,24H,15-16H2,(H,26,27,30). The van der Waals surface area contributed by atoms with Crippen molar-refractivity contribution in [1.82, 2.24) is 9.97 Å². The number of carbonyl (C=O) groups is 2. The minimum Gasteiger partial charge on any atom is -0.449 e. The van der Waals surface area contributed by atoms with Crippen LogP contribution in [0.3, 0.4) is 0 Å². The minimum absolute atomic E-state index is 0.0211. The molecule has 1 heterocycles. The Labute approximate surface area is 178 Å². The highest BCUT2D eigenvalue weighted by Crippen LogP contribution is 2.23. The maximum Gasteiger partial charge on any atom is 0.307 e. The van der Waals surface area contributed by atoms with E-state index in [1.807, 2.05) is 12.1 Å². The van der Waals surface area contributed by atoms with Gasteiger partial charge in [0.1, 0.15) is 5.82 Å². The zero-order valence-corrected chi connectivity index (χ0v) is 16.7. The third-order valence-corrected chi connectivity index (χ3v) is 4.88. The molecular formula is C25H20N2O4. The number of ketones is 1. The van der Waals surface area contributed by atoms with Crippen LogP contribution in [0, 0.1) is 0 Å². The molecule has 0 amide bonds. The van der Waals surface area contributed by atoms with Crippen LogP contribution in [-0.2, 0) is 16.0 Å². The van der Waals surface area contributed by atoms with E-state index in [2.05, 4.69) is 9.97 Å². The van der Waals surface area contributed by atoms with Crippen LogP contribution in [0.1, 0.15) is 34.3 Å². The molecule has 154 valence electrons. The highest BCUT2D eigenvalue weighted by molar-refractivity contribution is 6.01. The molecule has 6 heteroatoms. The second-order valence-electron chi connectivity index (χ2n) is 7.04. The van der Waals surface area contributed by atoms with E-state index in [4.69, 9.17) is 4.74 Å². The van der Waals surface area contributed by atoms with Crippen molar-refractivity contribution in [2.24, 2.45) is 0 Å². The first kappa shape index (κ1) is 20.2. The van der Waals surface area contributed by atoms with Gasteiger partial charge in [0.05, 0.1) is 17.3 Å². The average molecular weight is 412 g/mol. The fourth-order valence-corrected chi connectivity index (χ4v) is 3.32. The van der Waals surface area contributed by atoms with Gasteiger partial charge in [-0.15, -0.1) is 0 Å². The molecule has 0 spiro atoms. The summed E-state index contributed by atoms with van der Waals surface area (Å²) in [6.07, 6.45) is -0.869. The van der Waals surface area contributed by atoms with Crippen LogP contribution >= 0.6 is 0 Å². The Morgan fingerprint density at radius 2 is 1.52 bits per heavy atom. The van der Waals surface area contributed by atoms with Gasteiger partial charge in [0, 0.05) is 17.5 Å². The molecule has 4 aromatic rings. The molecule has 0 saturated heterocycles. The van der Waals surface area contributed by atoms with Gasteiger partial charge < -0.3 is 9.72 Å². The number of aryl methyl sites for hydroxylation is 1. The van der Waals surface area contributed by atoms with Crippen LogP contribution in [0.4, 0.5) is 0 Å². The molecule has 0 fully saturated rings. The summed E-state index contributed by atoms with van der Waals surface area (Å²) < 4.78 is 5.58. The molecular weight excluding hydrogens is 392 g/mol. The summed E-state index contributed by atoms with van der Waals surface area (Å²) in [4.78, 5) is 44.9. The van der Waals surface area contributed by atoms with E-state index in [0.29, 0.717) is 27.9 Å². The summed E-state index contributed by atoms with van der Waals surface area (Å²) in [6.45, 7) is 0. The molecule has 3 aromatic carbocycles. The van der Waals surface area contributed by atoms with E-state index in [9.17, 15) is 14.4 Å². The summed E-state index contributed by atoms with van der Waals surface area (Å²) in [7, 11) is 0. The number of rotatable bonds is 7. The van der Waals surface area contributed by atoms with Crippen molar-refractivity contribution in [3.8, 4) is 0 Å². The molecule has 0 saturated carbocycles. The van der Waals surface area contributed by atoms with E-state index in [-0.39, 0.29) is 24.2 Å². The number of hydrogen-bond donors (Lipinski definition) is 1. The number of ether oxygens (including phenoxy) is 1. The number of fused-ring (bicyclic) bond motifs is 1. The fraction of sp³-hybridized carbons (Fsp3) is 0.120. The molecule has 0 bridgehead atoms. The van der Waals surface area contributed by atoms with E-state index in [1.165, 1.54) is 0 Å². The summed E-state index contributed by atoms with van der Waals surface area (Å²) in [5.74, 6) is -0.447. The van der Waals surface area contributed by atoms with Crippen LogP contribution in [-0.4, -0.2) is 21.7 Å². The zero-order chi connectivity index (χ0) is 21.6. The number of Topliss-reactive ketones (excluding diaryl/α,β-unsaturated/α-hetero) is 1. The molecule has 0 radical (unpaired) electrons. The minimum atomic E-state index is -1.04. The summed E-state index contributed by atoms with van der Waals surface area (Å²) in [5.41, 5.74) is 1.37. The highest BCUT2D eigenvalue weighted by atomic mass is 16.5. The molecule has 0 aliphatic heterocycles. The van der Waals surface area contributed by atoms with Gasteiger partial charge in [-0.2, -0.15) is 0 Å². The molecule has 0 aliphatic carbocycles. The van der Waals surface area contributed by atoms with Gasteiger partial charge in [0.15, 0.2) is 6.10 Å². The van der Waals surface area contributed by atoms with Gasteiger partial charge >= 0.3 is 5.97 Å². The van der Waals surface area contributed by atoms with Gasteiger partial charge in [0.2, 0.25) is 5.78 Å². The number of nitrogens with zero attached hydrogens (tertiary/aromatic N) is 1. The number of hydrogen-bond acceptors (Lipinski definition) is 5. The molecule has 0 aliphatic rings. The van der Waals surface area contributed by atoms with Gasteiger partial charge in [-0.25, -0.2) is 4.98 Å². The van der Waals surface area contributed by atoms with E-state index in [0.717, 1.165) is 0 Å². The second-order valence-corrected chi connectivity index (χ2v) is 7.04. The van der Waals surface area contributed by atoms with Crippen molar-refractivity contribution in [2.75, 3.05) is 0 Å². The average Bonchev–Trinajstić information content (AvgIpc) is 2.82. The number of carbonyl (C=O) groups excluding carboxylic acids is 2. The maximum absolute atomic E-state index is 13.0. The van der Waals surface area contributed by atoms with Crippen molar-refractivity contribution in [3.63, 3.8) is 0 Å². The van der Waals surface area contributed by atoms with Gasteiger partial charge in [-0.3, -0.25) is 14.4 Å². The molecule has 6 nitrogen and oxygen atoms in total. The Morgan fingerprint density at radius 1 is 0.871 bits per heavy atom. The Morgan fingerprint density at radius 3 is 2.26 bits per heavy atom. The topological polar surface area (TPSA) is 89.1 Å². The van der Waals surface area contributed by atoms with Crippen molar-refractivity contribution in [1.29, 1.82) is 0 Å². The lowest BCUT2D eigenvalue weighted by molar-refractivity contribution is -0.147. The Balaban J connectivity index is 1.50. The molecule has 1 aromatic heterocycles. The Bertz CT molecular complexity index is 1270. The van der Waals surface area contributed by atoms with Crippen LogP contribution in [0.15, 0.2) is 89.7 Å². The number of esters is 1. The van der Waals surface area contributed by atoms with Crippen molar-refractivity contribution in [3.05, 3.63) is 112 Å². The Hall–Kier alpha value is -4.06. The second kappa shape index (κ2) is 9.17. The first-order valence-electron chi connectivity index (χ1n) is 9.93.